The standard InChI is InChI=1S/C48H82N2O38/c1-12(60)50-21-27(66)22(61)14(3-52)76-42(21)85-38-23(62)15(4-53)78-46(32(38)71)87-40-25(64)17(6-55)80-48(34(40)73)88-41-26(65)18(7-56)79-47(35(41)74)86-39-24(63)16(5-54)77-45(33(39)72)84-37-20(9-58)82-44(31(70)29(37)68)83-36-19(8-57)81-43(30(69)28(36)67)75-10-13(2-51)49-11-59/h11,13-48,51-58,61-74H,2-10H2,1H3,(H,49,59)(H,50,60)/t13-,14-,15-,16-,17-,18-,19-,20-,21-,22+,23+,24+,25+,26+,27-,28-,29-,30-,31-,32-,33-,34-,35-,36-,37+,38+,39+,40+,41+,42+,43-,44+,45-,46-,47-,48-/m1/s1. The number of aliphatic hydroxyl groups is 22. The summed E-state index contributed by atoms with van der Waals surface area (Å²) in [5.41, 5.74) is 0. The second-order valence-corrected chi connectivity index (χ2v) is 21.8. The SMILES string of the molecule is CC(=O)N[C@H]1[C@H](O[C@H]2[C@@H](O)[C@@H](CO)O[C@H](O[C@H]3[C@@H](O)[C@@H](CO)O[C@H](O[C@H]4[C@@H](O)[C@@H](CO)O[C@H](O[C@H]5[C@@H](O)[C@@H](CO)O[C@H](O[C@@H]6[C@H](O)[C@@H](O)[C@H](O[C@H]7[C@H](O)[C@@H](O)[C@H](OC[C@@H](CO)NC=O)O[C@@H]7CO)O[C@@H]6CO)[C@@H]5O)[C@@H]4O)[C@@H]3O)[C@@H]2O)O[C@H](CO)[C@H](O)[C@@H]1O. The van der Waals surface area contributed by atoms with E-state index in [1.54, 1.807) is 0 Å². The van der Waals surface area contributed by atoms with E-state index in [1.165, 1.54) is 0 Å². The van der Waals surface area contributed by atoms with Gasteiger partial charge < -0.3 is 189 Å². The molecular formula is C48H82N2O38. The molecule has 7 aliphatic heterocycles. The maximum absolute atomic E-state index is 12.1. The highest BCUT2D eigenvalue weighted by molar-refractivity contribution is 5.73. The first kappa shape index (κ1) is 72.9. The van der Waals surface area contributed by atoms with Gasteiger partial charge in [0.25, 0.3) is 0 Å². The van der Waals surface area contributed by atoms with Gasteiger partial charge in [-0.25, -0.2) is 0 Å². The van der Waals surface area contributed by atoms with E-state index in [-0.39, 0.29) is 6.41 Å². The molecule has 88 heavy (non-hydrogen) atoms. The van der Waals surface area contributed by atoms with Crippen LogP contribution in [0.15, 0.2) is 0 Å². The van der Waals surface area contributed by atoms with Crippen LogP contribution in [-0.4, -0.2) is 405 Å². The molecule has 0 unspecified atom stereocenters. The van der Waals surface area contributed by atoms with Crippen LogP contribution in [0.4, 0.5) is 0 Å². The Morgan fingerprint density at radius 1 is 0.364 bits per heavy atom. The Morgan fingerprint density at radius 3 is 0.977 bits per heavy atom. The average molecular weight is 1300 g/mol. The van der Waals surface area contributed by atoms with Crippen molar-refractivity contribution in [3.05, 3.63) is 0 Å². The molecule has 0 aromatic carbocycles. The first-order chi connectivity index (χ1) is 41.9. The molecule has 0 aromatic heterocycles. The van der Waals surface area contributed by atoms with E-state index in [2.05, 4.69) is 10.6 Å². The van der Waals surface area contributed by atoms with Crippen LogP contribution in [0.2, 0.25) is 0 Å². The van der Waals surface area contributed by atoms with Gasteiger partial charge >= 0.3 is 0 Å². The predicted octanol–water partition coefficient (Wildman–Crippen LogP) is -17.0. The summed E-state index contributed by atoms with van der Waals surface area (Å²) in [5, 5.41) is 243. The summed E-state index contributed by atoms with van der Waals surface area (Å²) in [7, 11) is 0. The van der Waals surface area contributed by atoms with Crippen molar-refractivity contribution in [1.82, 2.24) is 10.6 Å². The molecule has 0 aliphatic carbocycles. The Hall–Kier alpha value is -2.50. The number of nitrogens with one attached hydrogen (secondary N) is 2. The molecule has 512 valence electrons. The zero-order valence-electron chi connectivity index (χ0n) is 46.6. The summed E-state index contributed by atoms with van der Waals surface area (Å²) in [6.45, 7) is -7.19. The molecule has 7 fully saturated rings. The van der Waals surface area contributed by atoms with E-state index in [0.29, 0.717) is 0 Å². The van der Waals surface area contributed by atoms with Gasteiger partial charge in [0.15, 0.2) is 44.0 Å². The van der Waals surface area contributed by atoms with Crippen LogP contribution in [0, 0.1) is 0 Å². The molecular weight excluding hydrogens is 1210 g/mol. The van der Waals surface area contributed by atoms with Gasteiger partial charge in [0.05, 0.1) is 65.5 Å². The van der Waals surface area contributed by atoms with E-state index >= 15 is 0 Å². The summed E-state index contributed by atoms with van der Waals surface area (Å²) in [4.78, 5) is 22.9. The van der Waals surface area contributed by atoms with Gasteiger partial charge in [-0.2, -0.15) is 0 Å². The fourth-order valence-corrected chi connectivity index (χ4v) is 11.0. The second-order valence-electron chi connectivity index (χ2n) is 21.8. The second kappa shape index (κ2) is 32.6. The lowest BCUT2D eigenvalue weighted by molar-refractivity contribution is -0.399. The van der Waals surface area contributed by atoms with Gasteiger partial charge in [0.1, 0.15) is 171 Å². The minimum atomic E-state index is -2.34. The van der Waals surface area contributed by atoms with Crippen molar-refractivity contribution in [2.75, 3.05) is 59.5 Å². The van der Waals surface area contributed by atoms with E-state index in [9.17, 15) is 122 Å². The van der Waals surface area contributed by atoms with Crippen LogP contribution >= 0.6 is 0 Å². The van der Waals surface area contributed by atoms with Gasteiger partial charge in [-0.3, -0.25) is 9.59 Å². The van der Waals surface area contributed by atoms with Crippen LogP contribution in [-0.2, 0) is 75.9 Å². The van der Waals surface area contributed by atoms with Crippen molar-refractivity contribution >= 4 is 12.3 Å². The molecule has 40 heteroatoms. The van der Waals surface area contributed by atoms with Gasteiger partial charge in [0, 0.05) is 6.92 Å². The Balaban J connectivity index is 1.03. The summed E-state index contributed by atoms with van der Waals surface area (Å²) in [6, 6.07) is -2.58. The fourth-order valence-electron chi connectivity index (χ4n) is 11.0. The summed E-state index contributed by atoms with van der Waals surface area (Å²) >= 11 is 0. The van der Waals surface area contributed by atoms with Crippen LogP contribution in [0.25, 0.3) is 0 Å². The lowest BCUT2D eigenvalue weighted by Gasteiger charge is -2.50. The Morgan fingerprint density at radius 2 is 0.648 bits per heavy atom. The molecule has 0 bridgehead atoms. The normalized spacial score (nSPS) is 49.0. The molecule has 0 saturated carbocycles. The number of ether oxygens (including phenoxy) is 14. The molecule has 36 atom stereocenters. The van der Waals surface area contributed by atoms with Gasteiger partial charge in [-0.1, -0.05) is 0 Å². The van der Waals surface area contributed by atoms with E-state index in [0.717, 1.165) is 6.92 Å². The predicted molar refractivity (Wildman–Crippen MR) is 267 cm³/mol. The maximum Gasteiger partial charge on any atom is 0.217 e. The van der Waals surface area contributed by atoms with Crippen molar-refractivity contribution in [1.29, 1.82) is 0 Å². The van der Waals surface area contributed by atoms with Gasteiger partial charge in [-0.15, -0.1) is 0 Å². The summed E-state index contributed by atoms with van der Waals surface area (Å²) in [5.74, 6) is -0.775. The minimum absolute atomic E-state index is 0.269. The lowest BCUT2D eigenvalue weighted by atomic mass is 9.94. The highest BCUT2D eigenvalue weighted by Gasteiger charge is 2.59. The Labute approximate surface area is 497 Å². The zero-order chi connectivity index (χ0) is 64.7. The topological polar surface area (TPSA) is 632 Å². The van der Waals surface area contributed by atoms with Crippen molar-refractivity contribution in [3.63, 3.8) is 0 Å². The number of hydrogen-bond donors (Lipinski definition) is 24. The number of rotatable bonds is 26. The van der Waals surface area contributed by atoms with Crippen molar-refractivity contribution in [3.8, 4) is 0 Å². The maximum atomic E-state index is 12.1. The highest BCUT2D eigenvalue weighted by Crippen LogP contribution is 2.38. The van der Waals surface area contributed by atoms with E-state index in [4.69, 9.17) is 66.3 Å². The smallest absolute Gasteiger partial charge is 0.217 e. The highest BCUT2D eigenvalue weighted by atomic mass is 16.8. The quantitative estimate of drug-likeness (QED) is 0.0358. The van der Waals surface area contributed by atoms with Crippen LogP contribution in [0.3, 0.4) is 0 Å². The molecule has 7 saturated heterocycles. The Bertz CT molecular complexity index is 2120. The van der Waals surface area contributed by atoms with Crippen LogP contribution in [0.1, 0.15) is 6.92 Å². The first-order valence-electron chi connectivity index (χ1n) is 27.9. The van der Waals surface area contributed by atoms with Crippen molar-refractivity contribution < 1.29 is 188 Å². The van der Waals surface area contributed by atoms with Gasteiger partial charge in [-0.05, 0) is 0 Å². The molecule has 40 nitrogen and oxygen atoms in total. The zero-order valence-corrected chi connectivity index (χ0v) is 46.6. The molecule has 0 spiro atoms. The third kappa shape index (κ3) is 15.8. The first-order valence-corrected chi connectivity index (χ1v) is 27.9. The molecule has 24 N–H and O–H groups in total. The number of carbonyl (C=O) groups is 2. The van der Waals surface area contributed by atoms with E-state index in [1.807, 2.05) is 0 Å². The van der Waals surface area contributed by atoms with Gasteiger partial charge in [0.2, 0.25) is 12.3 Å². The number of aliphatic hydroxyl groups excluding tert-OH is 22. The molecule has 7 heterocycles. The van der Waals surface area contributed by atoms with Crippen molar-refractivity contribution in [2.24, 2.45) is 0 Å². The fraction of sp³-hybridized carbons (Fsp3) is 0.958. The average Bonchev–Trinajstić information content (AvgIpc) is 2.73. The molecule has 7 rings (SSSR count). The lowest BCUT2D eigenvalue weighted by Crippen LogP contribution is -2.69. The number of carbonyl (C=O) groups excluding carboxylic acids is 2. The van der Waals surface area contributed by atoms with E-state index < -0.39 is 286 Å². The van der Waals surface area contributed by atoms with Crippen LogP contribution in [0.5, 0.6) is 0 Å². The molecule has 7 aliphatic rings. The summed E-state index contributed by atoms with van der Waals surface area (Å²) < 4.78 is 79.2. The van der Waals surface area contributed by atoms with Crippen LogP contribution < -0.4 is 10.6 Å². The largest absolute Gasteiger partial charge is 0.394 e. The summed E-state index contributed by atoms with van der Waals surface area (Å²) in [6.07, 6.45) is -67.5. The monoisotopic (exact) mass is 1290 g/mol. The van der Waals surface area contributed by atoms with Crippen molar-refractivity contribution in [2.45, 2.75) is 228 Å². The Kier molecular flexibility index (Phi) is 27.0. The minimum Gasteiger partial charge on any atom is -0.394 e. The molecule has 0 aromatic rings. The third-order valence-corrected chi connectivity index (χ3v) is 15.9. The third-order valence-electron chi connectivity index (χ3n) is 15.9. The molecule has 0 radical (unpaired) electrons. The number of hydrogen-bond acceptors (Lipinski definition) is 38. The number of amides is 2. The molecule has 2 amide bonds.